The third kappa shape index (κ3) is 4.67. The second-order valence-electron chi connectivity index (χ2n) is 14.1. The molecular weight excluding hydrogens is 513 g/mol. The Labute approximate surface area is 245 Å². The topological polar surface area (TPSA) is 0 Å². The molecule has 0 N–H and O–H groups in total. The molecule has 4 aromatic rings. The smallest absolute Gasteiger partial charge is 0.0625 e. The van der Waals surface area contributed by atoms with Crippen molar-refractivity contribution >= 4 is 36.9 Å². The van der Waals surface area contributed by atoms with Gasteiger partial charge in [-0.05, 0) is 21.2 Å². The summed E-state index contributed by atoms with van der Waals surface area (Å²) < 4.78 is 0. The second kappa shape index (κ2) is 11.3. The van der Waals surface area contributed by atoms with Gasteiger partial charge in [0.1, 0.15) is 16.1 Å². The van der Waals surface area contributed by atoms with E-state index in [9.17, 15) is 0 Å². The lowest BCUT2D eigenvalue weighted by atomic mass is 9.99. The van der Waals surface area contributed by atoms with Gasteiger partial charge in [-0.15, -0.1) is 0 Å². The summed E-state index contributed by atoms with van der Waals surface area (Å²) in [6.07, 6.45) is 5.32. The minimum Gasteiger partial charge on any atom is -0.0625 e. The number of hydrogen-bond donors (Lipinski definition) is 0. The van der Waals surface area contributed by atoms with E-state index >= 15 is 0 Å². The lowest BCUT2D eigenvalue weighted by Crippen LogP contribution is -2.74. The van der Waals surface area contributed by atoms with Crippen LogP contribution in [0.3, 0.4) is 0 Å². The normalized spacial score (nSPS) is 18.9. The first-order chi connectivity index (χ1) is 19.1. The van der Waals surface area contributed by atoms with Crippen LogP contribution in [0.4, 0.5) is 0 Å². The zero-order chi connectivity index (χ0) is 28.4. The maximum absolute atomic E-state index is 2.57. The zero-order valence-electron chi connectivity index (χ0n) is 25.5. The van der Waals surface area contributed by atoms with E-state index in [1.807, 2.05) is 0 Å². The summed E-state index contributed by atoms with van der Waals surface area (Å²) in [4.78, 5) is 0. The Morgan fingerprint density at radius 3 is 0.825 bits per heavy atom. The first-order valence-corrected chi connectivity index (χ1v) is 19.5. The summed E-state index contributed by atoms with van der Waals surface area (Å²) in [6.45, 7) is 15.4. The van der Waals surface area contributed by atoms with Gasteiger partial charge in [0.2, 0.25) is 0 Å². The molecule has 0 unspecified atom stereocenters. The van der Waals surface area contributed by atoms with Crippen LogP contribution in [-0.4, -0.2) is 16.1 Å². The fourth-order valence-corrected chi connectivity index (χ4v) is 24.3. The molecule has 5 rings (SSSR count). The van der Waals surface area contributed by atoms with Crippen molar-refractivity contribution in [3.63, 3.8) is 0 Å². The van der Waals surface area contributed by atoms with Crippen LogP contribution in [0.5, 0.6) is 0 Å². The number of benzene rings is 4. The van der Waals surface area contributed by atoms with Crippen molar-refractivity contribution in [2.45, 2.75) is 88.4 Å². The molecule has 0 heterocycles. The van der Waals surface area contributed by atoms with E-state index in [-0.39, 0.29) is 10.1 Å². The summed E-state index contributed by atoms with van der Waals surface area (Å²) in [5, 5.41) is 6.77. The molecular formula is C38H48Si2. The highest BCUT2D eigenvalue weighted by Crippen LogP contribution is 2.60. The Hall–Kier alpha value is -2.69. The van der Waals surface area contributed by atoms with Gasteiger partial charge in [-0.2, -0.15) is 0 Å². The minimum absolute atomic E-state index is 0.154. The molecule has 0 nitrogen and oxygen atoms in total. The first kappa shape index (κ1) is 28.8. The third-order valence-electron chi connectivity index (χ3n) is 10.2. The van der Waals surface area contributed by atoms with Crippen molar-refractivity contribution < 1.29 is 0 Å². The molecule has 4 aromatic carbocycles. The van der Waals surface area contributed by atoms with Gasteiger partial charge < -0.3 is 0 Å². The average Bonchev–Trinajstić information content (AvgIpc) is 2.95. The van der Waals surface area contributed by atoms with Crippen LogP contribution < -0.4 is 20.7 Å². The predicted molar refractivity (Wildman–Crippen MR) is 181 cm³/mol. The van der Waals surface area contributed by atoms with Crippen molar-refractivity contribution in [2.24, 2.45) is 0 Å². The monoisotopic (exact) mass is 560 g/mol. The van der Waals surface area contributed by atoms with Crippen LogP contribution in [0, 0.1) is 0 Å². The van der Waals surface area contributed by atoms with Crippen molar-refractivity contribution in [2.75, 3.05) is 0 Å². The van der Waals surface area contributed by atoms with E-state index in [1.54, 1.807) is 20.7 Å². The molecule has 0 radical (unpaired) electrons. The molecule has 1 saturated carbocycles. The maximum Gasteiger partial charge on any atom is 0.126 e. The van der Waals surface area contributed by atoms with Gasteiger partial charge in [0.05, 0.1) is 0 Å². The van der Waals surface area contributed by atoms with Crippen LogP contribution in [0.1, 0.15) is 67.2 Å². The fraction of sp³-hybridized carbons (Fsp3) is 0.368. The average molecular weight is 561 g/mol. The summed E-state index contributed by atoms with van der Waals surface area (Å²) in [7, 11) is -4.66. The molecule has 1 aliphatic carbocycles. The van der Waals surface area contributed by atoms with E-state index in [0.29, 0.717) is 11.1 Å². The fourth-order valence-electron chi connectivity index (χ4n) is 9.01. The molecule has 0 bridgehead atoms. The van der Waals surface area contributed by atoms with E-state index in [2.05, 4.69) is 163 Å². The van der Waals surface area contributed by atoms with Crippen molar-refractivity contribution in [3.8, 4) is 0 Å². The van der Waals surface area contributed by atoms with E-state index in [1.165, 1.54) is 25.7 Å². The summed E-state index contributed by atoms with van der Waals surface area (Å²) in [5.41, 5.74) is 1.30. The molecule has 0 spiro atoms. The van der Waals surface area contributed by atoms with Gasteiger partial charge in [0, 0.05) is 0 Å². The molecule has 1 fully saturated rings. The Morgan fingerprint density at radius 2 is 0.625 bits per heavy atom. The Morgan fingerprint density at radius 1 is 0.400 bits per heavy atom. The predicted octanol–water partition coefficient (Wildman–Crippen LogP) is 8.43. The molecule has 0 aliphatic heterocycles. The van der Waals surface area contributed by atoms with Crippen molar-refractivity contribution in [1.82, 2.24) is 0 Å². The van der Waals surface area contributed by atoms with E-state index < -0.39 is 16.1 Å². The van der Waals surface area contributed by atoms with Crippen LogP contribution in [-0.2, 0) is 0 Å². The molecule has 0 saturated heterocycles. The van der Waals surface area contributed by atoms with Crippen LogP contribution >= 0.6 is 0 Å². The molecule has 0 amide bonds. The van der Waals surface area contributed by atoms with Crippen LogP contribution in [0.2, 0.25) is 21.2 Å². The highest BCUT2D eigenvalue weighted by Gasteiger charge is 2.62. The van der Waals surface area contributed by atoms with Crippen molar-refractivity contribution in [1.29, 1.82) is 0 Å². The van der Waals surface area contributed by atoms with Gasteiger partial charge in [-0.1, -0.05) is 209 Å². The first-order valence-electron chi connectivity index (χ1n) is 15.4. The molecule has 208 valence electrons. The lowest BCUT2D eigenvalue weighted by molar-refractivity contribution is 0.465. The largest absolute Gasteiger partial charge is 0.126 e. The number of rotatable bonds is 6. The third-order valence-corrected chi connectivity index (χ3v) is 23.8. The molecule has 40 heavy (non-hydrogen) atoms. The van der Waals surface area contributed by atoms with E-state index in [4.69, 9.17) is 0 Å². The summed E-state index contributed by atoms with van der Waals surface area (Å²) in [5.74, 6) is 0. The van der Waals surface area contributed by atoms with Gasteiger partial charge >= 0.3 is 0 Å². The second-order valence-corrected chi connectivity index (χ2v) is 24.1. The minimum atomic E-state index is -2.33. The molecule has 2 atom stereocenters. The SMILES string of the molecule is CC(C)(C)[Si](c1ccccc1)(c1ccccc1)[C@@H]1CCCC[C@H]1[Si](c1ccccc1)(c1ccccc1)C(C)(C)C. The van der Waals surface area contributed by atoms with Gasteiger partial charge in [0.15, 0.2) is 0 Å². The molecule has 0 aromatic heterocycles. The molecule has 1 aliphatic rings. The Balaban J connectivity index is 1.90. The maximum atomic E-state index is 2.57. The van der Waals surface area contributed by atoms with Gasteiger partial charge in [-0.25, -0.2) is 0 Å². The quantitative estimate of drug-likeness (QED) is 0.208. The summed E-state index contributed by atoms with van der Waals surface area (Å²) >= 11 is 0. The van der Waals surface area contributed by atoms with Crippen molar-refractivity contribution in [3.05, 3.63) is 121 Å². The lowest BCUT2D eigenvalue weighted by Gasteiger charge is -2.60. The van der Waals surface area contributed by atoms with Gasteiger partial charge in [-0.3, -0.25) is 0 Å². The highest BCUT2D eigenvalue weighted by atomic mass is 28.3. The molecule has 2 heteroatoms. The van der Waals surface area contributed by atoms with E-state index in [0.717, 1.165) is 0 Å². The standard InChI is InChI=1S/C38H48Si2/c1-37(2,3)39(31-21-11-7-12-22-31,32-23-13-8-14-24-32)35-29-19-20-30-36(35)40(38(4,5)6,33-25-15-9-16-26-33)34-27-17-10-18-28-34/h7-18,21-28,35-36H,19-20,29-30H2,1-6H3/t35-,36-/m1/s1. The number of hydrogen-bond acceptors (Lipinski definition) is 0. The van der Waals surface area contributed by atoms with Crippen LogP contribution in [0.25, 0.3) is 0 Å². The van der Waals surface area contributed by atoms with Crippen LogP contribution in [0.15, 0.2) is 121 Å². The zero-order valence-corrected chi connectivity index (χ0v) is 27.5. The Kier molecular flexibility index (Phi) is 8.14. The summed E-state index contributed by atoms with van der Waals surface area (Å²) in [6, 6.07) is 47.1. The Bertz CT molecular complexity index is 1160. The highest BCUT2D eigenvalue weighted by molar-refractivity contribution is 7.10. The van der Waals surface area contributed by atoms with Gasteiger partial charge in [0.25, 0.3) is 0 Å².